The van der Waals surface area contributed by atoms with Crippen LogP contribution in [0.15, 0.2) is 91.0 Å². The van der Waals surface area contributed by atoms with Gasteiger partial charge < -0.3 is 10.3 Å². The minimum Gasteiger partial charge on any atom is -0.351 e. The van der Waals surface area contributed by atoms with Crippen molar-refractivity contribution in [3.05, 3.63) is 114 Å². The predicted octanol–water partition coefficient (Wildman–Crippen LogP) is 6.80. The van der Waals surface area contributed by atoms with Crippen LogP contribution in [0.3, 0.4) is 0 Å². The molecule has 0 radical (unpaired) electrons. The Balaban J connectivity index is 1.57. The molecular formula is C31H29F2N3O2. The van der Waals surface area contributed by atoms with E-state index in [1.165, 1.54) is 47.4 Å². The number of anilines is 1. The van der Waals surface area contributed by atoms with Crippen molar-refractivity contribution in [2.75, 3.05) is 4.90 Å². The summed E-state index contributed by atoms with van der Waals surface area (Å²) in [5, 5.41) is 3.10. The molecule has 1 fully saturated rings. The maximum Gasteiger partial charge on any atom is 0.275 e. The minimum absolute atomic E-state index is 0.0150. The molecule has 0 unspecified atom stereocenters. The first-order chi connectivity index (χ1) is 18.5. The van der Waals surface area contributed by atoms with Crippen molar-refractivity contribution in [2.45, 2.75) is 44.2 Å². The van der Waals surface area contributed by atoms with Crippen LogP contribution in [0.4, 0.5) is 14.5 Å². The summed E-state index contributed by atoms with van der Waals surface area (Å²) < 4.78 is 28.3. The van der Waals surface area contributed by atoms with Gasteiger partial charge in [-0.3, -0.25) is 14.5 Å². The van der Waals surface area contributed by atoms with Crippen LogP contribution in [0.5, 0.6) is 0 Å². The zero-order chi connectivity index (χ0) is 26.5. The van der Waals surface area contributed by atoms with Gasteiger partial charge in [0.25, 0.3) is 5.91 Å². The minimum atomic E-state index is -1.14. The van der Waals surface area contributed by atoms with E-state index < -0.39 is 29.5 Å². The average Bonchev–Trinajstić information content (AvgIpc) is 3.44. The van der Waals surface area contributed by atoms with E-state index in [9.17, 15) is 18.4 Å². The second-order valence-corrected chi connectivity index (χ2v) is 9.60. The highest BCUT2D eigenvalue weighted by molar-refractivity contribution is 6.09. The van der Waals surface area contributed by atoms with E-state index >= 15 is 0 Å². The van der Waals surface area contributed by atoms with Gasteiger partial charge in [-0.25, -0.2) is 8.78 Å². The summed E-state index contributed by atoms with van der Waals surface area (Å²) in [4.78, 5) is 32.4. The number of benzene rings is 3. The number of aromatic nitrogens is 1. The molecule has 0 aliphatic heterocycles. The largest absolute Gasteiger partial charge is 0.351 e. The van der Waals surface area contributed by atoms with E-state index in [0.717, 1.165) is 43.4 Å². The number of nitrogens with zero attached hydrogens (tertiary/aromatic N) is 1. The highest BCUT2D eigenvalue weighted by Gasteiger charge is 2.35. The number of carbonyl (C=O) groups is 2. The summed E-state index contributed by atoms with van der Waals surface area (Å²) >= 11 is 0. The number of hydrogen-bond acceptors (Lipinski definition) is 2. The monoisotopic (exact) mass is 513 g/mol. The highest BCUT2D eigenvalue weighted by Crippen LogP contribution is 2.32. The maximum atomic E-state index is 14.4. The van der Waals surface area contributed by atoms with Crippen molar-refractivity contribution >= 4 is 17.5 Å². The number of rotatable bonds is 7. The fourth-order valence-electron chi connectivity index (χ4n) is 5.04. The molecule has 2 N–H and O–H groups in total. The topological polar surface area (TPSA) is 65.2 Å². The third-order valence-electron chi connectivity index (χ3n) is 6.95. The lowest BCUT2D eigenvalue weighted by atomic mass is 9.94. The van der Waals surface area contributed by atoms with Crippen LogP contribution >= 0.6 is 0 Å². The van der Waals surface area contributed by atoms with Crippen LogP contribution in [0, 0.1) is 11.6 Å². The first-order valence-electron chi connectivity index (χ1n) is 12.9. The lowest BCUT2D eigenvalue weighted by Gasteiger charge is -2.33. The van der Waals surface area contributed by atoms with Crippen molar-refractivity contribution in [1.29, 1.82) is 0 Å². The second kappa shape index (κ2) is 11.4. The van der Waals surface area contributed by atoms with Crippen molar-refractivity contribution in [2.24, 2.45) is 0 Å². The first kappa shape index (κ1) is 25.4. The number of aromatic amines is 1. The molecule has 3 aromatic carbocycles. The van der Waals surface area contributed by atoms with Gasteiger partial charge in [-0.05, 0) is 66.4 Å². The van der Waals surface area contributed by atoms with Crippen LogP contribution in [0.2, 0.25) is 0 Å². The van der Waals surface area contributed by atoms with Crippen molar-refractivity contribution in [3.63, 3.8) is 0 Å². The molecule has 7 heteroatoms. The smallest absolute Gasteiger partial charge is 0.275 e. The van der Waals surface area contributed by atoms with E-state index in [1.54, 1.807) is 18.2 Å². The van der Waals surface area contributed by atoms with Gasteiger partial charge in [0.05, 0.1) is 0 Å². The van der Waals surface area contributed by atoms with Gasteiger partial charge in [-0.2, -0.15) is 0 Å². The normalized spacial score (nSPS) is 14.6. The Bertz CT molecular complexity index is 1400. The van der Waals surface area contributed by atoms with Gasteiger partial charge in [0.2, 0.25) is 5.91 Å². The maximum absolute atomic E-state index is 14.4. The molecule has 1 heterocycles. The van der Waals surface area contributed by atoms with Gasteiger partial charge >= 0.3 is 0 Å². The number of H-pyrrole nitrogens is 1. The van der Waals surface area contributed by atoms with Crippen LogP contribution in [0.1, 0.15) is 54.2 Å². The SMILES string of the molecule is O=C(NC1CCCCC1)[C@H](c1ccc(F)cc1)N(C(=O)c1ccc(-c2ccccc2)[nH]1)c1cccc(F)c1. The van der Waals surface area contributed by atoms with Gasteiger partial charge in [0.15, 0.2) is 0 Å². The molecular weight excluding hydrogens is 484 g/mol. The molecule has 2 amide bonds. The molecule has 4 aromatic rings. The lowest BCUT2D eigenvalue weighted by molar-refractivity contribution is -0.123. The predicted molar refractivity (Wildman–Crippen MR) is 144 cm³/mol. The van der Waals surface area contributed by atoms with Crippen LogP contribution in [0.25, 0.3) is 11.3 Å². The summed E-state index contributed by atoms with van der Waals surface area (Å²) in [6.07, 6.45) is 4.87. The highest BCUT2D eigenvalue weighted by atomic mass is 19.1. The third-order valence-corrected chi connectivity index (χ3v) is 6.95. The molecule has 0 saturated heterocycles. The van der Waals surface area contributed by atoms with E-state index in [2.05, 4.69) is 10.3 Å². The van der Waals surface area contributed by atoms with Gasteiger partial charge in [-0.1, -0.05) is 67.8 Å². The zero-order valence-electron chi connectivity index (χ0n) is 20.9. The second-order valence-electron chi connectivity index (χ2n) is 9.60. The number of carbonyl (C=O) groups excluding carboxylic acids is 2. The summed E-state index contributed by atoms with van der Waals surface area (Å²) in [6.45, 7) is 0. The molecule has 1 saturated carbocycles. The summed E-state index contributed by atoms with van der Waals surface area (Å²) in [5.41, 5.74) is 2.52. The van der Waals surface area contributed by atoms with Crippen molar-refractivity contribution in [1.82, 2.24) is 10.3 Å². The van der Waals surface area contributed by atoms with E-state index in [4.69, 9.17) is 0 Å². The number of halogens is 2. The Hall–Kier alpha value is -4.26. The van der Waals surface area contributed by atoms with Crippen LogP contribution < -0.4 is 10.2 Å². The molecule has 0 bridgehead atoms. The van der Waals surface area contributed by atoms with Gasteiger partial charge in [0.1, 0.15) is 23.4 Å². The van der Waals surface area contributed by atoms with Crippen LogP contribution in [-0.2, 0) is 4.79 Å². The average molecular weight is 514 g/mol. The molecule has 1 aromatic heterocycles. The van der Waals surface area contributed by atoms with E-state index in [0.29, 0.717) is 5.56 Å². The Kier molecular flexibility index (Phi) is 7.63. The van der Waals surface area contributed by atoms with Gasteiger partial charge in [0, 0.05) is 17.4 Å². The lowest BCUT2D eigenvalue weighted by Crippen LogP contribution is -2.47. The first-order valence-corrected chi connectivity index (χ1v) is 12.9. The van der Waals surface area contributed by atoms with Crippen molar-refractivity contribution < 1.29 is 18.4 Å². The Labute approximate surface area is 220 Å². The molecule has 1 aliphatic carbocycles. The molecule has 1 atom stereocenters. The fraction of sp³-hybridized carbons (Fsp3) is 0.226. The summed E-state index contributed by atoms with van der Waals surface area (Å²) in [5.74, 6) is -1.90. The van der Waals surface area contributed by atoms with E-state index in [1.807, 2.05) is 30.3 Å². The molecule has 0 spiro atoms. The Morgan fingerprint density at radius 3 is 2.26 bits per heavy atom. The quantitative estimate of drug-likeness (QED) is 0.286. The fourth-order valence-corrected chi connectivity index (χ4v) is 5.04. The third kappa shape index (κ3) is 5.67. The van der Waals surface area contributed by atoms with Crippen molar-refractivity contribution in [3.8, 4) is 11.3 Å². The molecule has 5 nitrogen and oxygen atoms in total. The van der Waals surface area contributed by atoms with Gasteiger partial charge in [-0.15, -0.1) is 0 Å². The molecule has 194 valence electrons. The molecule has 5 rings (SSSR count). The Morgan fingerprint density at radius 1 is 0.816 bits per heavy atom. The molecule has 1 aliphatic rings. The molecule has 38 heavy (non-hydrogen) atoms. The number of amides is 2. The zero-order valence-corrected chi connectivity index (χ0v) is 20.9. The van der Waals surface area contributed by atoms with Crippen LogP contribution in [-0.4, -0.2) is 22.8 Å². The Morgan fingerprint density at radius 2 is 1.55 bits per heavy atom. The number of hydrogen-bond donors (Lipinski definition) is 2. The summed E-state index contributed by atoms with van der Waals surface area (Å²) in [6, 6.07) is 22.9. The van der Waals surface area contributed by atoms with E-state index in [-0.39, 0.29) is 17.4 Å². The number of nitrogens with one attached hydrogen (secondary N) is 2. The standard InChI is InChI=1S/C31H29F2N3O2/c32-23-16-14-22(15-17-23)29(30(37)34-25-11-5-2-6-12-25)36(26-13-7-10-24(33)20-26)31(38)28-19-18-27(35-28)21-8-3-1-4-9-21/h1,3-4,7-10,13-20,25,29,35H,2,5-6,11-12H2,(H,34,37)/t29-/m0/s1. The summed E-state index contributed by atoms with van der Waals surface area (Å²) in [7, 11) is 0.